The van der Waals surface area contributed by atoms with Gasteiger partial charge in [0.25, 0.3) is 5.82 Å². The monoisotopic (exact) mass is 481 g/mol. The molecule has 188 valence electrons. The zero-order valence-electron chi connectivity index (χ0n) is 23.2. The topological polar surface area (TPSA) is 10.1 Å². The second-order valence-electron chi connectivity index (χ2n) is 9.76. The molecule has 3 heteroatoms. The van der Waals surface area contributed by atoms with Gasteiger partial charge in [0.1, 0.15) is 11.4 Å². The van der Waals surface area contributed by atoms with Crippen molar-refractivity contribution < 1.29 is 9.14 Å². The van der Waals surface area contributed by atoms with E-state index in [1.807, 2.05) is 6.08 Å². The Hall–Kier alpha value is -3.46. The van der Waals surface area contributed by atoms with E-state index in [1.165, 1.54) is 11.3 Å². The second-order valence-corrected chi connectivity index (χ2v) is 9.76. The molecule has 0 saturated heterocycles. The number of nitrogens with zero attached hydrogens (tertiary/aromatic N) is 3. The van der Waals surface area contributed by atoms with Gasteiger partial charge >= 0.3 is 0 Å². The Morgan fingerprint density at radius 3 is 2.33 bits per heavy atom. The van der Waals surface area contributed by atoms with E-state index in [2.05, 4.69) is 155 Å². The number of benzene rings is 1. The van der Waals surface area contributed by atoms with E-state index >= 15 is 0 Å². The van der Waals surface area contributed by atoms with Crippen molar-refractivity contribution in [3.8, 4) is 0 Å². The molecular weight excluding hydrogens is 438 g/mol. The summed E-state index contributed by atoms with van der Waals surface area (Å²) >= 11 is 0. The van der Waals surface area contributed by atoms with Crippen molar-refractivity contribution >= 4 is 23.4 Å². The number of hydrogen-bond acceptors (Lipinski definition) is 1. The fourth-order valence-electron chi connectivity index (χ4n) is 5.74. The van der Waals surface area contributed by atoms with Crippen LogP contribution in [0.3, 0.4) is 0 Å². The van der Waals surface area contributed by atoms with E-state index in [0.717, 1.165) is 29.2 Å². The first-order chi connectivity index (χ1) is 17.3. The molecule has 2 unspecified atom stereocenters. The summed E-state index contributed by atoms with van der Waals surface area (Å²) in [5, 5.41) is 0. The highest BCUT2D eigenvalue weighted by atomic mass is 15.3. The lowest BCUT2D eigenvalue weighted by molar-refractivity contribution is -0.565. The average Bonchev–Trinajstić information content (AvgIpc) is 2.89. The lowest BCUT2D eigenvalue weighted by atomic mass is 9.75. The maximum Gasteiger partial charge on any atom is 0.287 e. The minimum atomic E-state index is -0.392. The van der Waals surface area contributed by atoms with Crippen LogP contribution in [0.1, 0.15) is 53.5 Å². The van der Waals surface area contributed by atoms with Crippen molar-refractivity contribution in [2.45, 2.75) is 66.5 Å². The Bertz CT molecular complexity index is 1240. The predicted molar refractivity (Wildman–Crippen MR) is 156 cm³/mol. The number of aromatic nitrogens is 1. The molecule has 2 heterocycles. The van der Waals surface area contributed by atoms with Crippen LogP contribution in [0.15, 0.2) is 103 Å². The van der Waals surface area contributed by atoms with Crippen LogP contribution in [-0.4, -0.2) is 22.4 Å². The molecule has 1 aliphatic heterocycles. The Balaban J connectivity index is 2.65. The summed E-state index contributed by atoms with van der Waals surface area (Å²) in [7, 11) is 0. The quantitative estimate of drug-likeness (QED) is 0.303. The van der Waals surface area contributed by atoms with Gasteiger partial charge in [-0.3, -0.25) is 0 Å². The third-order valence-electron chi connectivity index (χ3n) is 7.41. The molecule has 3 rings (SSSR count). The molecule has 0 N–H and O–H groups in total. The number of rotatable bonds is 6. The Morgan fingerprint density at radius 1 is 1.06 bits per heavy atom. The highest BCUT2D eigenvalue weighted by molar-refractivity contribution is 5.70. The van der Waals surface area contributed by atoms with Gasteiger partial charge < -0.3 is 0 Å². The maximum absolute atomic E-state index is 4.68. The molecule has 1 aliphatic rings. The van der Waals surface area contributed by atoms with Crippen LogP contribution in [0.5, 0.6) is 0 Å². The fourth-order valence-corrected chi connectivity index (χ4v) is 5.74. The van der Waals surface area contributed by atoms with Gasteiger partial charge in [-0.15, -0.1) is 0 Å². The number of allylic oxidation sites excluding steroid dienone is 6. The molecule has 0 spiro atoms. The van der Waals surface area contributed by atoms with Gasteiger partial charge in [-0.2, -0.15) is 9.14 Å². The second kappa shape index (κ2) is 11.5. The fraction of sp³-hybridized carbons (Fsp3) is 0.333. The SMILES string of the molecule is C=CC=[N+]1C(=C)/C(C)=C(/C=C\C)[n+]2ccccc2N(c2ccccc2C)C(CC)C1(C=CC)C(C)C. The highest BCUT2D eigenvalue weighted by Gasteiger charge is 2.57. The Kier molecular flexibility index (Phi) is 8.68. The number of para-hydroxylation sites is 1. The lowest BCUT2D eigenvalue weighted by Gasteiger charge is -2.40. The highest BCUT2D eigenvalue weighted by Crippen LogP contribution is 2.42. The molecule has 1 aromatic carbocycles. The largest absolute Gasteiger partial charge is 0.287 e. The summed E-state index contributed by atoms with van der Waals surface area (Å²) in [6.45, 7) is 24.3. The van der Waals surface area contributed by atoms with Crippen molar-refractivity contribution in [3.63, 3.8) is 0 Å². The first-order valence-electron chi connectivity index (χ1n) is 13.1. The zero-order valence-corrected chi connectivity index (χ0v) is 23.2. The minimum absolute atomic E-state index is 0.0918. The molecular formula is C33H43N3+2. The summed E-state index contributed by atoms with van der Waals surface area (Å²) in [5.41, 5.74) is 5.27. The molecule has 0 saturated carbocycles. The van der Waals surface area contributed by atoms with E-state index in [4.69, 9.17) is 0 Å². The molecule has 1 aromatic heterocycles. The minimum Gasteiger partial charge on any atom is -0.217 e. The van der Waals surface area contributed by atoms with Crippen molar-refractivity contribution in [1.82, 2.24) is 0 Å². The van der Waals surface area contributed by atoms with Crippen LogP contribution >= 0.6 is 0 Å². The molecule has 3 nitrogen and oxygen atoms in total. The number of fused-ring (bicyclic) bond motifs is 1. The first-order valence-corrected chi connectivity index (χ1v) is 13.1. The maximum atomic E-state index is 4.68. The number of aryl methyl sites for hydroxylation is 1. The molecule has 0 bridgehead atoms. The summed E-state index contributed by atoms with van der Waals surface area (Å²) in [4.78, 5) is 2.55. The predicted octanol–water partition coefficient (Wildman–Crippen LogP) is 7.77. The summed E-state index contributed by atoms with van der Waals surface area (Å²) in [6, 6.07) is 15.3. The van der Waals surface area contributed by atoms with Gasteiger partial charge in [0, 0.05) is 12.0 Å². The van der Waals surface area contributed by atoms with Gasteiger partial charge in [0.2, 0.25) is 11.2 Å². The number of hydrogen-bond donors (Lipinski definition) is 0. The van der Waals surface area contributed by atoms with Gasteiger partial charge in [0.15, 0.2) is 12.3 Å². The Morgan fingerprint density at radius 2 is 1.75 bits per heavy atom. The summed E-state index contributed by atoms with van der Waals surface area (Å²) < 4.78 is 4.68. The van der Waals surface area contributed by atoms with E-state index in [-0.39, 0.29) is 12.0 Å². The van der Waals surface area contributed by atoms with Crippen LogP contribution in [0.4, 0.5) is 11.5 Å². The number of anilines is 2. The van der Waals surface area contributed by atoms with Crippen LogP contribution < -0.4 is 9.47 Å². The zero-order chi connectivity index (χ0) is 26.5. The third kappa shape index (κ3) is 4.55. The van der Waals surface area contributed by atoms with Crippen LogP contribution in [0.2, 0.25) is 0 Å². The summed E-state index contributed by atoms with van der Waals surface area (Å²) in [5.74, 6) is 1.40. The van der Waals surface area contributed by atoms with Crippen molar-refractivity contribution in [2.24, 2.45) is 5.92 Å². The van der Waals surface area contributed by atoms with E-state index < -0.39 is 5.54 Å². The molecule has 0 radical (unpaired) electrons. The van der Waals surface area contributed by atoms with Crippen LogP contribution in [-0.2, 0) is 0 Å². The lowest BCUT2D eigenvalue weighted by Crippen LogP contribution is -2.60. The average molecular weight is 482 g/mol. The molecule has 36 heavy (non-hydrogen) atoms. The molecule has 0 amide bonds. The normalized spacial score (nSPS) is 24.3. The first kappa shape index (κ1) is 27.1. The standard InChI is InChI=1S/C33H43N3/c1-10-18-30-27(8)28(9)35(23-12-3)33(22-11-2,25(5)6)31(13-4)36(29-20-15-14-19-26(29)7)32-21-16-17-24-34(30)32/h10-12,14-25,31H,3,9,13H2,1-2,4-8H3/q+2/b18-10-,22-11?,30-27-,35-23?. The van der Waals surface area contributed by atoms with Gasteiger partial charge in [-0.05, 0) is 76.6 Å². The molecule has 0 fully saturated rings. The van der Waals surface area contributed by atoms with Gasteiger partial charge in [-0.1, -0.05) is 63.8 Å². The van der Waals surface area contributed by atoms with Gasteiger partial charge in [0.05, 0.1) is 11.8 Å². The van der Waals surface area contributed by atoms with Crippen molar-refractivity contribution in [2.75, 3.05) is 4.90 Å². The Labute approximate surface area is 218 Å². The number of pyridine rings is 1. The third-order valence-corrected chi connectivity index (χ3v) is 7.41. The molecule has 0 aliphatic carbocycles. The summed E-state index contributed by atoms with van der Waals surface area (Å²) in [6.07, 6.45) is 16.0. The van der Waals surface area contributed by atoms with Crippen molar-refractivity contribution in [1.29, 1.82) is 0 Å². The van der Waals surface area contributed by atoms with E-state index in [0.29, 0.717) is 0 Å². The van der Waals surface area contributed by atoms with E-state index in [9.17, 15) is 0 Å². The van der Waals surface area contributed by atoms with Gasteiger partial charge in [-0.25, -0.2) is 4.90 Å². The van der Waals surface area contributed by atoms with E-state index in [1.54, 1.807) is 0 Å². The molecule has 2 atom stereocenters. The smallest absolute Gasteiger partial charge is 0.217 e. The molecule has 2 aromatic rings. The van der Waals surface area contributed by atoms with Crippen LogP contribution in [0, 0.1) is 12.8 Å². The van der Waals surface area contributed by atoms with Crippen LogP contribution in [0.25, 0.3) is 5.70 Å². The van der Waals surface area contributed by atoms with Crippen molar-refractivity contribution in [3.05, 3.63) is 109 Å².